The summed E-state index contributed by atoms with van der Waals surface area (Å²) >= 11 is 0. The van der Waals surface area contributed by atoms with Gasteiger partial charge in [-0.15, -0.1) is 0 Å². The molecule has 3 heteroatoms. The Hall–Kier alpha value is -0.860. The van der Waals surface area contributed by atoms with Crippen LogP contribution >= 0.6 is 0 Å². The molecule has 8 heavy (non-hydrogen) atoms. The summed E-state index contributed by atoms with van der Waals surface area (Å²) in [7, 11) is 0. The number of hydrogen-bond acceptors (Lipinski definition) is 2. The molecular formula is C5H7FO2. The molecule has 0 radical (unpaired) electrons. The third-order valence-electron chi connectivity index (χ3n) is 0.507. The molecule has 2 nitrogen and oxygen atoms in total. The molecule has 0 aromatic carbocycles. The van der Waals surface area contributed by atoms with Gasteiger partial charge >= 0.3 is 0 Å². The van der Waals surface area contributed by atoms with E-state index in [1.807, 2.05) is 0 Å². The van der Waals surface area contributed by atoms with Crippen molar-refractivity contribution < 1.29 is 14.3 Å². The van der Waals surface area contributed by atoms with Crippen molar-refractivity contribution in [2.24, 2.45) is 0 Å². The Kier molecular flexibility index (Phi) is 2.84. The fraction of sp³-hybridized carbons (Fsp3) is 0.400. The molecule has 0 fully saturated rings. The van der Waals surface area contributed by atoms with Gasteiger partial charge in [0.2, 0.25) is 0 Å². The van der Waals surface area contributed by atoms with Crippen LogP contribution in [0.15, 0.2) is 11.8 Å². The molecule has 0 saturated heterocycles. The van der Waals surface area contributed by atoms with Crippen molar-refractivity contribution >= 4 is 5.78 Å². The van der Waals surface area contributed by atoms with Crippen molar-refractivity contribution in [3.05, 3.63) is 11.8 Å². The minimum Gasteiger partial charge on any atom is -0.509 e. The van der Waals surface area contributed by atoms with Crippen molar-refractivity contribution in [2.45, 2.75) is 6.92 Å². The molecule has 0 amide bonds. The van der Waals surface area contributed by atoms with Crippen molar-refractivity contribution in [1.82, 2.24) is 0 Å². The summed E-state index contributed by atoms with van der Waals surface area (Å²) in [4.78, 5) is 10.0. The molecule has 0 atom stereocenters. The van der Waals surface area contributed by atoms with Crippen LogP contribution in [0.5, 0.6) is 0 Å². The van der Waals surface area contributed by atoms with Gasteiger partial charge in [0.25, 0.3) is 0 Å². The average molecular weight is 118 g/mol. The van der Waals surface area contributed by atoms with E-state index in [0.29, 0.717) is 0 Å². The predicted octanol–water partition coefficient (Wildman–Crippen LogP) is 0.987. The second-order valence-electron chi connectivity index (χ2n) is 1.38. The molecule has 0 rings (SSSR count). The number of carbonyl (C=O) groups is 1. The van der Waals surface area contributed by atoms with E-state index in [2.05, 4.69) is 0 Å². The smallest absolute Gasteiger partial charge is 0.156 e. The van der Waals surface area contributed by atoms with Gasteiger partial charge in [-0.2, -0.15) is 0 Å². The lowest BCUT2D eigenvalue weighted by molar-refractivity contribution is -0.112. The van der Waals surface area contributed by atoms with E-state index in [1.54, 1.807) is 0 Å². The van der Waals surface area contributed by atoms with E-state index in [9.17, 15) is 9.18 Å². The molecule has 0 unspecified atom stereocenters. The Bertz CT molecular complexity index is 118. The maximum atomic E-state index is 11.3. The predicted molar refractivity (Wildman–Crippen MR) is 27.4 cm³/mol. The van der Waals surface area contributed by atoms with Crippen LogP contribution in [0.3, 0.4) is 0 Å². The second-order valence-corrected chi connectivity index (χ2v) is 1.38. The van der Waals surface area contributed by atoms with Crippen LogP contribution in [0.2, 0.25) is 0 Å². The van der Waals surface area contributed by atoms with E-state index < -0.39 is 12.4 Å². The van der Waals surface area contributed by atoms with Gasteiger partial charge in [-0.3, -0.25) is 4.79 Å². The number of aliphatic hydroxyl groups is 1. The second kappa shape index (κ2) is 3.18. The number of hydrogen-bond donors (Lipinski definition) is 1. The monoisotopic (exact) mass is 118 g/mol. The van der Waals surface area contributed by atoms with Crippen LogP contribution in [0, 0.1) is 0 Å². The Morgan fingerprint density at radius 3 is 2.50 bits per heavy atom. The minimum atomic E-state index is -0.973. The van der Waals surface area contributed by atoms with E-state index >= 15 is 0 Å². The van der Waals surface area contributed by atoms with Crippen LogP contribution in [-0.2, 0) is 4.79 Å². The highest BCUT2D eigenvalue weighted by Crippen LogP contribution is 1.87. The standard InChI is InChI=1S/C5H7FO2/c1-4(7)2-5(8)3-6/h2,8H,3H2,1H3. The van der Waals surface area contributed by atoms with Gasteiger partial charge in [-0.05, 0) is 6.92 Å². The third-order valence-corrected chi connectivity index (χ3v) is 0.507. The van der Waals surface area contributed by atoms with Crippen molar-refractivity contribution in [2.75, 3.05) is 6.67 Å². The lowest BCUT2D eigenvalue weighted by Gasteiger charge is -1.85. The normalized spacial score (nSPS) is 11.5. The Morgan fingerprint density at radius 1 is 1.88 bits per heavy atom. The maximum Gasteiger partial charge on any atom is 0.156 e. The summed E-state index contributed by atoms with van der Waals surface area (Å²) in [6.45, 7) is 0.269. The van der Waals surface area contributed by atoms with Gasteiger partial charge in [-0.1, -0.05) is 0 Å². The molecule has 1 N–H and O–H groups in total. The molecular weight excluding hydrogens is 111 g/mol. The fourth-order valence-electron chi connectivity index (χ4n) is 0.273. The quantitative estimate of drug-likeness (QED) is 0.433. The Labute approximate surface area is 46.6 Å². The van der Waals surface area contributed by atoms with Crippen LogP contribution in [-0.4, -0.2) is 17.6 Å². The Balaban J connectivity index is 3.75. The molecule has 0 spiro atoms. The molecule has 0 saturated carbocycles. The van der Waals surface area contributed by atoms with Crippen molar-refractivity contribution in [1.29, 1.82) is 0 Å². The van der Waals surface area contributed by atoms with Gasteiger partial charge in [0.15, 0.2) is 5.78 Å². The molecule has 0 aliphatic rings. The van der Waals surface area contributed by atoms with Crippen molar-refractivity contribution in [3.63, 3.8) is 0 Å². The summed E-state index contributed by atoms with van der Waals surface area (Å²) in [5.41, 5.74) is 0. The zero-order chi connectivity index (χ0) is 6.57. The number of aliphatic hydroxyl groups excluding tert-OH is 1. The molecule has 0 aromatic rings. The van der Waals surface area contributed by atoms with Gasteiger partial charge in [0, 0.05) is 6.08 Å². The summed E-state index contributed by atoms with van der Waals surface area (Å²) in [6.07, 6.45) is 0.847. The molecule has 0 aliphatic heterocycles. The van der Waals surface area contributed by atoms with E-state index in [4.69, 9.17) is 5.11 Å². The lowest BCUT2D eigenvalue weighted by Crippen LogP contribution is -1.88. The number of allylic oxidation sites excluding steroid dienone is 2. The summed E-state index contributed by atoms with van der Waals surface area (Å²) in [5, 5.41) is 8.29. The first-order chi connectivity index (χ1) is 3.66. The number of ketones is 1. The molecule has 0 bridgehead atoms. The zero-order valence-corrected chi connectivity index (χ0v) is 4.52. The molecule has 0 heterocycles. The highest BCUT2D eigenvalue weighted by atomic mass is 19.1. The van der Waals surface area contributed by atoms with Gasteiger partial charge < -0.3 is 5.11 Å². The first-order valence-electron chi connectivity index (χ1n) is 2.13. The number of halogens is 1. The van der Waals surface area contributed by atoms with Crippen LogP contribution < -0.4 is 0 Å². The van der Waals surface area contributed by atoms with Crippen LogP contribution in [0.4, 0.5) is 4.39 Å². The van der Waals surface area contributed by atoms with Gasteiger partial charge in [-0.25, -0.2) is 4.39 Å². The fourth-order valence-corrected chi connectivity index (χ4v) is 0.273. The number of rotatable bonds is 2. The zero-order valence-electron chi connectivity index (χ0n) is 4.52. The average Bonchev–Trinajstić information content (AvgIpc) is 1.65. The minimum absolute atomic E-state index is 0.347. The highest BCUT2D eigenvalue weighted by Gasteiger charge is 1.90. The van der Waals surface area contributed by atoms with Gasteiger partial charge in [0.1, 0.15) is 12.4 Å². The molecule has 0 aliphatic carbocycles. The van der Waals surface area contributed by atoms with Crippen LogP contribution in [0.25, 0.3) is 0 Å². The Morgan fingerprint density at radius 2 is 2.38 bits per heavy atom. The van der Waals surface area contributed by atoms with Gasteiger partial charge in [0.05, 0.1) is 0 Å². The summed E-state index contributed by atoms with van der Waals surface area (Å²) < 4.78 is 11.3. The van der Waals surface area contributed by atoms with Crippen LogP contribution in [0.1, 0.15) is 6.92 Å². The maximum absolute atomic E-state index is 11.3. The third kappa shape index (κ3) is 3.33. The number of alkyl halides is 1. The number of carbonyl (C=O) groups excluding carboxylic acids is 1. The van der Waals surface area contributed by atoms with E-state index in [0.717, 1.165) is 6.08 Å². The topological polar surface area (TPSA) is 37.3 Å². The van der Waals surface area contributed by atoms with Crippen molar-refractivity contribution in [3.8, 4) is 0 Å². The largest absolute Gasteiger partial charge is 0.509 e. The van der Waals surface area contributed by atoms with E-state index in [-0.39, 0.29) is 5.78 Å². The van der Waals surface area contributed by atoms with E-state index in [1.165, 1.54) is 6.92 Å². The summed E-state index contributed by atoms with van der Waals surface area (Å²) in [5.74, 6) is -0.863. The summed E-state index contributed by atoms with van der Waals surface area (Å²) in [6, 6.07) is 0. The molecule has 0 aromatic heterocycles. The first kappa shape index (κ1) is 7.14. The first-order valence-corrected chi connectivity index (χ1v) is 2.13. The highest BCUT2D eigenvalue weighted by molar-refractivity contribution is 5.87. The lowest BCUT2D eigenvalue weighted by atomic mass is 10.4. The molecule has 46 valence electrons. The SMILES string of the molecule is CC(=O)C=C(O)CF.